The molecule has 0 radical (unpaired) electrons. The highest BCUT2D eigenvalue weighted by molar-refractivity contribution is 5.94. The maximum absolute atomic E-state index is 12.4. The quantitative estimate of drug-likeness (QED) is 0.872. The zero-order chi connectivity index (χ0) is 15.4. The van der Waals surface area contributed by atoms with Crippen LogP contribution in [0.1, 0.15) is 29.6 Å². The zero-order valence-corrected chi connectivity index (χ0v) is 12.8. The number of carbonyl (C=O) groups excluding carboxylic acids is 1. The second-order valence-corrected chi connectivity index (χ2v) is 5.51. The molecule has 0 atom stereocenters. The standard InChI is InChI=1S/C18H20N2O2/c1-22-16-9-10-17(19-13-16)14-5-7-15(8-6-14)18(21)20-11-3-2-4-12-20/h5-10,13H,2-4,11-12H2,1H3. The third-order valence-electron chi connectivity index (χ3n) is 4.04. The van der Waals surface area contributed by atoms with Crippen molar-refractivity contribution in [2.45, 2.75) is 19.3 Å². The van der Waals surface area contributed by atoms with E-state index >= 15 is 0 Å². The summed E-state index contributed by atoms with van der Waals surface area (Å²) < 4.78 is 5.11. The Morgan fingerprint density at radius 2 is 1.77 bits per heavy atom. The fraction of sp³-hybridized carbons (Fsp3) is 0.333. The molecule has 22 heavy (non-hydrogen) atoms. The number of hydrogen-bond donors (Lipinski definition) is 0. The number of amides is 1. The molecule has 1 aromatic carbocycles. The monoisotopic (exact) mass is 296 g/mol. The first-order valence-corrected chi connectivity index (χ1v) is 7.68. The molecule has 1 amide bonds. The predicted molar refractivity (Wildman–Crippen MR) is 86.0 cm³/mol. The summed E-state index contributed by atoms with van der Waals surface area (Å²) in [4.78, 5) is 18.7. The van der Waals surface area contributed by atoms with E-state index in [1.54, 1.807) is 13.3 Å². The minimum atomic E-state index is 0.133. The molecule has 114 valence electrons. The van der Waals surface area contributed by atoms with Crippen molar-refractivity contribution in [2.75, 3.05) is 20.2 Å². The largest absolute Gasteiger partial charge is 0.495 e. The van der Waals surface area contributed by atoms with E-state index in [1.807, 2.05) is 41.3 Å². The minimum absolute atomic E-state index is 0.133. The van der Waals surface area contributed by atoms with Crippen molar-refractivity contribution in [1.29, 1.82) is 0 Å². The fourth-order valence-corrected chi connectivity index (χ4v) is 2.73. The Bertz CT molecular complexity index is 629. The second kappa shape index (κ2) is 6.60. The normalized spacial score (nSPS) is 14.7. The van der Waals surface area contributed by atoms with Crippen molar-refractivity contribution >= 4 is 5.91 Å². The van der Waals surface area contributed by atoms with Crippen molar-refractivity contribution in [3.05, 3.63) is 48.2 Å². The third-order valence-corrected chi connectivity index (χ3v) is 4.04. The van der Waals surface area contributed by atoms with Crippen molar-refractivity contribution in [3.8, 4) is 17.0 Å². The second-order valence-electron chi connectivity index (χ2n) is 5.51. The minimum Gasteiger partial charge on any atom is -0.495 e. The van der Waals surface area contributed by atoms with Gasteiger partial charge in [-0.15, -0.1) is 0 Å². The van der Waals surface area contributed by atoms with Gasteiger partial charge in [0.15, 0.2) is 0 Å². The summed E-state index contributed by atoms with van der Waals surface area (Å²) >= 11 is 0. The number of pyridine rings is 1. The Hall–Kier alpha value is -2.36. The van der Waals surface area contributed by atoms with Gasteiger partial charge in [-0.2, -0.15) is 0 Å². The summed E-state index contributed by atoms with van der Waals surface area (Å²) in [5, 5.41) is 0. The van der Waals surface area contributed by atoms with Crippen LogP contribution in [0.5, 0.6) is 5.75 Å². The summed E-state index contributed by atoms with van der Waals surface area (Å²) in [6.45, 7) is 1.75. The predicted octanol–water partition coefficient (Wildman–Crippen LogP) is 3.38. The van der Waals surface area contributed by atoms with Crippen LogP contribution in [0, 0.1) is 0 Å². The van der Waals surface area contributed by atoms with Gasteiger partial charge >= 0.3 is 0 Å². The first-order valence-electron chi connectivity index (χ1n) is 7.68. The van der Waals surface area contributed by atoms with Gasteiger partial charge in [0.05, 0.1) is 19.0 Å². The number of nitrogens with zero attached hydrogens (tertiary/aromatic N) is 2. The first-order chi connectivity index (χ1) is 10.8. The highest BCUT2D eigenvalue weighted by Crippen LogP contribution is 2.21. The lowest BCUT2D eigenvalue weighted by Crippen LogP contribution is -2.35. The van der Waals surface area contributed by atoms with Gasteiger partial charge in [0.1, 0.15) is 5.75 Å². The Kier molecular flexibility index (Phi) is 4.37. The number of likely N-dealkylation sites (tertiary alicyclic amines) is 1. The average Bonchev–Trinajstić information content (AvgIpc) is 2.62. The van der Waals surface area contributed by atoms with Crippen LogP contribution < -0.4 is 4.74 Å². The van der Waals surface area contributed by atoms with E-state index in [1.165, 1.54) is 6.42 Å². The molecule has 2 aromatic rings. The van der Waals surface area contributed by atoms with Crippen molar-refractivity contribution in [2.24, 2.45) is 0 Å². The van der Waals surface area contributed by atoms with Gasteiger partial charge in [0, 0.05) is 24.2 Å². The summed E-state index contributed by atoms with van der Waals surface area (Å²) in [6, 6.07) is 11.5. The first kappa shape index (κ1) is 14.6. The molecule has 4 nitrogen and oxygen atoms in total. The number of benzene rings is 1. The molecule has 0 saturated carbocycles. The molecule has 1 saturated heterocycles. The molecule has 0 aliphatic carbocycles. The van der Waals surface area contributed by atoms with Gasteiger partial charge in [0.2, 0.25) is 0 Å². The lowest BCUT2D eigenvalue weighted by molar-refractivity contribution is 0.0724. The van der Waals surface area contributed by atoms with Crippen LogP contribution in [-0.2, 0) is 0 Å². The SMILES string of the molecule is COc1ccc(-c2ccc(C(=O)N3CCCCC3)cc2)nc1. The van der Waals surface area contributed by atoms with Gasteiger partial charge in [0.25, 0.3) is 5.91 Å². The molecule has 0 bridgehead atoms. The fourth-order valence-electron chi connectivity index (χ4n) is 2.73. The number of ether oxygens (including phenoxy) is 1. The maximum Gasteiger partial charge on any atom is 0.253 e. The summed E-state index contributed by atoms with van der Waals surface area (Å²) in [7, 11) is 1.62. The van der Waals surface area contributed by atoms with E-state index in [0.29, 0.717) is 0 Å². The lowest BCUT2D eigenvalue weighted by Gasteiger charge is -2.26. The summed E-state index contributed by atoms with van der Waals surface area (Å²) in [6.07, 6.45) is 5.15. The molecule has 3 rings (SSSR count). The highest BCUT2D eigenvalue weighted by atomic mass is 16.5. The number of carbonyl (C=O) groups is 1. The molecule has 1 aromatic heterocycles. The number of piperidine rings is 1. The zero-order valence-electron chi connectivity index (χ0n) is 12.8. The van der Waals surface area contributed by atoms with Crippen LogP contribution in [0.15, 0.2) is 42.6 Å². The lowest BCUT2D eigenvalue weighted by atomic mass is 10.1. The average molecular weight is 296 g/mol. The van der Waals surface area contributed by atoms with Crippen LogP contribution >= 0.6 is 0 Å². The van der Waals surface area contributed by atoms with E-state index in [4.69, 9.17) is 4.74 Å². The number of rotatable bonds is 3. The van der Waals surface area contributed by atoms with Crippen LogP contribution in [0.3, 0.4) is 0 Å². The van der Waals surface area contributed by atoms with Crippen molar-refractivity contribution in [3.63, 3.8) is 0 Å². The molecule has 1 fully saturated rings. The van der Waals surface area contributed by atoms with Gasteiger partial charge in [-0.05, 0) is 43.5 Å². The molecule has 4 heteroatoms. The molecule has 2 heterocycles. The maximum atomic E-state index is 12.4. The molecule has 1 aliphatic rings. The smallest absolute Gasteiger partial charge is 0.253 e. The number of methoxy groups -OCH3 is 1. The molecular formula is C18H20N2O2. The van der Waals surface area contributed by atoms with E-state index in [9.17, 15) is 4.79 Å². The van der Waals surface area contributed by atoms with Crippen molar-refractivity contribution in [1.82, 2.24) is 9.88 Å². The number of aromatic nitrogens is 1. The molecular weight excluding hydrogens is 276 g/mol. The Morgan fingerprint density at radius 1 is 1.05 bits per heavy atom. The van der Waals surface area contributed by atoms with Crippen molar-refractivity contribution < 1.29 is 9.53 Å². The summed E-state index contributed by atoms with van der Waals surface area (Å²) in [5.41, 5.74) is 2.62. The van der Waals surface area contributed by atoms with Crippen LogP contribution in [0.25, 0.3) is 11.3 Å². The van der Waals surface area contributed by atoms with Crippen LogP contribution in [0.4, 0.5) is 0 Å². The molecule has 1 aliphatic heterocycles. The topological polar surface area (TPSA) is 42.4 Å². The van der Waals surface area contributed by atoms with Gasteiger partial charge < -0.3 is 9.64 Å². The van der Waals surface area contributed by atoms with Crippen LogP contribution in [0.2, 0.25) is 0 Å². The summed E-state index contributed by atoms with van der Waals surface area (Å²) in [5.74, 6) is 0.870. The van der Waals surface area contributed by atoms with E-state index < -0.39 is 0 Å². The highest BCUT2D eigenvalue weighted by Gasteiger charge is 2.17. The third kappa shape index (κ3) is 3.11. The molecule has 0 spiro atoms. The Labute approximate surface area is 130 Å². The molecule has 0 N–H and O–H groups in total. The van der Waals surface area contributed by atoms with Crippen LogP contribution in [-0.4, -0.2) is 36.0 Å². The Balaban J connectivity index is 1.75. The van der Waals surface area contributed by atoms with E-state index in [0.717, 1.165) is 48.5 Å². The van der Waals surface area contributed by atoms with E-state index in [2.05, 4.69) is 4.98 Å². The van der Waals surface area contributed by atoms with E-state index in [-0.39, 0.29) is 5.91 Å². The van der Waals surface area contributed by atoms with Gasteiger partial charge in [-0.3, -0.25) is 9.78 Å². The number of hydrogen-bond acceptors (Lipinski definition) is 3. The molecule has 0 unspecified atom stereocenters. The van der Waals surface area contributed by atoms with Gasteiger partial charge in [-0.1, -0.05) is 12.1 Å². The Morgan fingerprint density at radius 3 is 2.36 bits per heavy atom. The van der Waals surface area contributed by atoms with Gasteiger partial charge in [-0.25, -0.2) is 0 Å².